The van der Waals surface area contributed by atoms with Gasteiger partial charge in [0.2, 0.25) is 6.79 Å². The molecule has 80 valence electrons. The van der Waals surface area contributed by atoms with Gasteiger partial charge in [0, 0.05) is 0 Å². The molecule has 0 saturated carbocycles. The van der Waals surface area contributed by atoms with Crippen molar-refractivity contribution in [3.8, 4) is 11.5 Å². The van der Waals surface area contributed by atoms with Crippen LogP contribution in [-0.2, 0) is 4.79 Å². The van der Waals surface area contributed by atoms with Crippen LogP contribution in [0.25, 0.3) is 0 Å². The Morgan fingerprint density at radius 2 is 2.13 bits per heavy atom. The number of hydrogen-bond donors (Lipinski definition) is 2. The van der Waals surface area contributed by atoms with Gasteiger partial charge in [-0.05, 0) is 17.7 Å². The van der Waals surface area contributed by atoms with Gasteiger partial charge < -0.3 is 19.7 Å². The largest absolute Gasteiger partial charge is 0.481 e. The van der Waals surface area contributed by atoms with E-state index >= 15 is 0 Å². The molecule has 1 aliphatic heterocycles. The lowest BCUT2D eigenvalue weighted by molar-refractivity contribution is -0.139. The van der Waals surface area contributed by atoms with Gasteiger partial charge in [-0.3, -0.25) is 4.79 Å². The molecule has 1 heterocycles. The van der Waals surface area contributed by atoms with Crippen LogP contribution >= 0.6 is 0 Å². The third-order valence-electron chi connectivity index (χ3n) is 2.15. The maximum atomic E-state index is 10.4. The van der Waals surface area contributed by atoms with Crippen LogP contribution in [0, 0.1) is 0 Å². The van der Waals surface area contributed by atoms with Crippen LogP contribution in [0.15, 0.2) is 18.2 Å². The summed E-state index contributed by atoms with van der Waals surface area (Å²) < 4.78 is 10.2. The standard InChI is InChI=1S/C10H10O5/c11-7(4-10(12)13)6-1-2-8-9(3-6)15-5-14-8/h1-3,7,11H,4-5H2,(H,12,13)/t7-/m0/s1. The molecule has 1 aromatic carbocycles. The molecule has 5 heteroatoms. The van der Waals surface area contributed by atoms with E-state index in [1.165, 1.54) is 0 Å². The zero-order valence-electron chi connectivity index (χ0n) is 7.84. The highest BCUT2D eigenvalue weighted by atomic mass is 16.7. The van der Waals surface area contributed by atoms with Crippen molar-refractivity contribution in [2.45, 2.75) is 12.5 Å². The number of aliphatic hydroxyl groups is 1. The van der Waals surface area contributed by atoms with E-state index in [1.807, 2.05) is 0 Å². The molecule has 5 nitrogen and oxygen atoms in total. The third kappa shape index (κ3) is 2.02. The second-order valence-electron chi connectivity index (χ2n) is 3.23. The van der Waals surface area contributed by atoms with Crippen molar-refractivity contribution in [1.82, 2.24) is 0 Å². The fourth-order valence-electron chi connectivity index (χ4n) is 1.40. The smallest absolute Gasteiger partial charge is 0.306 e. The van der Waals surface area contributed by atoms with Crippen molar-refractivity contribution >= 4 is 5.97 Å². The Balaban J connectivity index is 2.19. The average Bonchev–Trinajstić information content (AvgIpc) is 2.62. The zero-order valence-corrected chi connectivity index (χ0v) is 7.84. The quantitative estimate of drug-likeness (QED) is 0.775. The van der Waals surface area contributed by atoms with Gasteiger partial charge in [0.25, 0.3) is 0 Å². The van der Waals surface area contributed by atoms with Gasteiger partial charge in [-0.2, -0.15) is 0 Å². The normalized spacial score (nSPS) is 15.0. The van der Waals surface area contributed by atoms with Crippen molar-refractivity contribution in [2.24, 2.45) is 0 Å². The minimum absolute atomic E-state index is 0.161. The maximum Gasteiger partial charge on any atom is 0.306 e. The Morgan fingerprint density at radius 1 is 1.40 bits per heavy atom. The van der Waals surface area contributed by atoms with Crippen LogP contribution in [0.3, 0.4) is 0 Å². The fraction of sp³-hybridized carbons (Fsp3) is 0.300. The predicted molar refractivity (Wildman–Crippen MR) is 49.8 cm³/mol. The van der Waals surface area contributed by atoms with Gasteiger partial charge in [-0.1, -0.05) is 6.07 Å². The average molecular weight is 210 g/mol. The Kier molecular flexibility index (Phi) is 2.47. The summed E-state index contributed by atoms with van der Waals surface area (Å²) in [5.41, 5.74) is 0.515. The van der Waals surface area contributed by atoms with E-state index in [0.29, 0.717) is 17.1 Å². The molecule has 1 aliphatic rings. The van der Waals surface area contributed by atoms with Gasteiger partial charge in [0.05, 0.1) is 12.5 Å². The van der Waals surface area contributed by atoms with Crippen molar-refractivity contribution in [3.05, 3.63) is 23.8 Å². The Bertz CT molecular complexity index is 387. The molecule has 0 amide bonds. The van der Waals surface area contributed by atoms with Gasteiger partial charge in [-0.15, -0.1) is 0 Å². The highest BCUT2D eigenvalue weighted by Gasteiger charge is 2.17. The second kappa shape index (κ2) is 3.78. The molecule has 0 spiro atoms. The van der Waals surface area contributed by atoms with Gasteiger partial charge in [0.1, 0.15) is 0 Å². The van der Waals surface area contributed by atoms with E-state index in [-0.39, 0.29) is 13.2 Å². The zero-order chi connectivity index (χ0) is 10.8. The van der Waals surface area contributed by atoms with Crippen LogP contribution in [0.1, 0.15) is 18.1 Å². The summed E-state index contributed by atoms with van der Waals surface area (Å²) in [5.74, 6) is 0.110. The van der Waals surface area contributed by atoms with E-state index in [9.17, 15) is 9.90 Å². The molecule has 0 bridgehead atoms. The van der Waals surface area contributed by atoms with E-state index in [1.54, 1.807) is 18.2 Å². The van der Waals surface area contributed by atoms with Crippen molar-refractivity contribution in [1.29, 1.82) is 0 Å². The summed E-state index contributed by atoms with van der Waals surface area (Å²) in [7, 11) is 0. The number of rotatable bonds is 3. The first-order valence-electron chi connectivity index (χ1n) is 4.46. The molecule has 0 aliphatic carbocycles. The molecule has 0 saturated heterocycles. The Hall–Kier alpha value is -1.75. The molecule has 1 aromatic rings. The second-order valence-corrected chi connectivity index (χ2v) is 3.23. The summed E-state index contributed by atoms with van der Waals surface area (Å²) in [6, 6.07) is 4.87. The predicted octanol–water partition coefficient (Wildman–Crippen LogP) is 0.923. The summed E-state index contributed by atoms with van der Waals surface area (Å²) in [6.45, 7) is 0.161. The van der Waals surface area contributed by atoms with E-state index < -0.39 is 12.1 Å². The molecule has 0 fully saturated rings. The third-order valence-corrected chi connectivity index (χ3v) is 2.15. The van der Waals surface area contributed by atoms with E-state index in [2.05, 4.69) is 0 Å². The molecular weight excluding hydrogens is 200 g/mol. The van der Waals surface area contributed by atoms with Crippen LogP contribution in [0.4, 0.5) is 0 Å². The van der Waals surface area contributed by atoms with Gasteiger partial charge in [-0.25, -0.2) is 0 Å². The molecule has 2 rings (SSSR count). The van der Waals surface area contributed by atoms with Crippen molar-refractivity contribution in [2.75, 3.05) is 6.79 Å². The number of aliphatic carboxylic acids is 1. The first-order valence-corrected chi connectivity index (χ1v) is 4.46. The topological polar surface area (TPSA) is 76.0 Å². The molecule has 15 heavy (non-hydrogen) atoms. The molecule has 2 N–H and O–H groups in total. The minimum atomic E-state index is -1.04. The Labute approximate surface area is 85.9 Å². The number of ether oxygens (including phenoxy) is 2. The molecular formula is C10H10O5. The molecule has 0 unspecified atom stereocenters. The van der Waals surface area contributed by atoms with Crippen molar-refractivity contribution < 1.29 is 24.5 Å². The molecule has 0 radical (unpaired) electrons. The Morgan fingerprint density at radius 3 is 2.87 bits per heavy atom. The number of hydrogen-bond acceptors (Lipinski definition) is 4. The van der Waals surface area contributed by atoms with Crippen molar-refractivity contribution in [3.63, 3.8) is 0 Å². The summed E-state index contributed by atoms with van der Waals surface area (Å²) in [4.78, 5) is 10.4. The highest BCUT2D eigenvalue weighted by molar-refractivity contribution is 5.67. The van der Waals surface area contributed by atoms with Crippen LogP contribution in [-0.4, -0.2) is 23.0 Å². The summed E-state index contributed by atoms with van der Waals surface area (Å²) >= 11 is 0. The van der Waals surface area contributed by atoms with Crippen LogP contribution < -0.4 is 9.47 Å². The number of carboxylic acid groups (broad SMARTS) is 1. The summed E-state index contributed by atoms with van der Waals surface area (Å²) in [5, 5.41) is 18.1. The SMILES string of the molecule is O=C(O)C[C@H](O)c1ccc2c(c1)OCO2. The van der Waals surface area contributed by atoms with E-state index in [0.717, 1.165) is 0 Å². The number of carbonyl (C=O) groups is 1. The van der Waals surface area contributed by atoms with Crippen LogP contribution in [0.2, 0.25) is 0 Å². The first-order chi connectivity index (χ1) is 7.16. The van der Waals surface area contributed by atoms with Crippen LogP contribution in [0.5, 0.6) is 11.5 Å². The number of carboxylic acids is 1. The number of aliphatic hydroxyl groups excluding tert-OH is 1. The minimum Gasteiger partial charge on any atom is -0.481 e. The molecule has 0 aromatic heterocycles. The van der Waals surface area contributed by atoms with Gasteiger partial charge >= 0.3 is 5.97 Å². The van der Waals surface area contributed by atoms with E-state index in [4.69, 9.17) is 14.6 Å². The fourth-order valence-corrected chi connectivity index (χ4v) is 1.40. The number of benzene rings is 1. The summed E-state index contributed by atoms with van der Waals surface area (Å²) in [6.07, 6.45) is -1.34. The molecule has 1 atom stereocenters. The monoisotopic (exact) mass is 210 g/mol. The first kappa shape index (κ1) is 9.79. The maximum absolute atomic E-state index is 10.4. The van der Waals surface area contributed by atoms with Gasteiger partial charge in [0.15, 0.2) is 11.5 Å². The lowest BCUT2D eigenvalue weighted by Crippen LogP contribution is -2.05. The number of fused-ring (bicyclic) bond motifs is 1. The lowest BCUT2D eigenvalue weighted by Gasteiger charge is -2.08. The lowest BCUT2D eigenvalue weighted by atomic mass is 10.1. The highest BCUT2D eigenvalue weighted by Crippen LogP contribution is 2.34.